The summed E-state index contributed by atoms with van der Waals surface area (Å²) in [6, 6.07) is 3.92. The number of aromatic nitrogens is 1. The van der Waals surface area contributed by atoms with Crippen molar-refractivity contribution in [2.45, 2.75) is 45.6 Å². The summed E-state index contributed by atoms with van der Waals surface area (Å²) in [5, 5.41) is 8.66. The first-order chi connectivity index (χ1) is 18.2. The van der Waals surface area contributed by atoms with Crippen LogP contribution in [0.15, 0.2) is 42.6 Å². The molecular weight excluding hydrogens is 484 g/mol. The number of aliphatic hydroxyl groups excluding tert-OH is 1. The Bertz CT molecular complexity index is 888. The lowest BCUT2D eigenvalue weighted by molar-refractivity contribution is -0.110. The molecule has 1 fully saturated rings. The fraction of sp³-hybridized carbons (Fsp3) is 0.536. The third kappa shape index (κ3) is 14.0. The molecule has 0 spiro atoms. The molecule has 0 saturated carbocycles. The van der Waals surface area contributed by atoms with Gasteiger partial charge in [-0.05, 0) is 36.6 Å². The molecule has 1 aliphatic heterocycles. The van der Waals surface area contributed by atoms with Gasteiger partial charge in [-0.1, -0.05) is 32.9 Å². The summed E-state index contributed by atoms with van der Waals surface area (Å²) >= 11 is 0. The Morgan fingerprint density at radius 1 is 1.26 bits per heavy atom. The van der Waals surface area contributed by atoms with Gasteiger partial charge in [0, 0.05) is 60.0 Å². The van der Waals surface area contributed by atoms with Crippen LogP contribution in [0.25, 0.3) is 5.70 Å². The van der Waals surface area contributed by atoms with E-state index < -0.39 is 0 Å². The summed E-state index contributed by atoms with van der Waals surface area (Å²) in [5.74, 6) is 5.54. The van der Waals surface area contributed by atoms with Gasteiger partial charge in [0.05, 0.1) is 35.5 Å². The molecule has 1 aromatic rings. The van der Waals surface area contributed by atoms with Crippen LogP contribution >= 0.6 is 0 Å². The van der Waals surface area contributed by atoms with Crippen LogP contribution in [0.2, 0.25) is 0 Å². The van der Waals surface area contributed by atoms with Crippen molar-refractivity contribution in [3.63, 3.8) is 0 Å². The highest BCUT2D eigenvalue weighted by molar-refractivity contribution is 5.65. The van der Waals surface area contributed by atoms with Gasteiger partial charge in [0.2, 0.25) is 0 Å². The van der Waals surface area contributed by atoms with Gasteiger partial charge in [-0.15, -0.1) is 0 Å². The average Bonchev–Trinajstić information content (AvgIpc) is 2.92. The first-order valence-corrected chi connectivity index (χ1v) is 12.9. The zero-order valence-electron chi connectivity index (χ0n) is 23.8. The smallest absolute Gasteiger partial charge is 0.142 e. The zero-order chi connectivity index (χ0) is 28.9. The molecule has 1 unspecified atom stereocenters. The molecule has 1 aromatic heterocycles. The van der Waals surface area contributed by atoms with E-state index in [2.05, 4.69) is 41.4 Å². The lowest BCUT2D eigenvalue weighted by Gasteiger charge is -2.34. The quantitative estimate of drug-likeness (QED) is 0.114. The molecule has 10 nitrogen and oxygen atoms in total. The number of allylic oxidation sites excluding steroid dienone is 3. The summed E-state index contributed by atoms with van der Waals surface area (Å²) in [4.78, 5) is 29.8. The van der Waals surface area contributed by atoms with Gasteiger partial charge in [0.25, 0.3) is 0 Å². The minimum Gasteiger partial charge on any atom is -0.400 e. The van der Waals surface area contributed by atoms with Crippen LogP contribution in [0.3, 0.4) is 0 Å². The molecule has 38 heavy (non-hydrogen) atoms. The second-order valence-corrected chi connectivity index (χ2v) is 8.79. The van der Waals surface area contributed by atoms with E-state index >= 15 is 0 Å². The molecule has 0 aromatic carbocycles. The maximum atomic E-state index is 10.6. The van der Waals surface area contributed by atoms with Crippen LogP contribution < -0.4 is 16.5 Å². The number of aliphatic hydroxyl groups is 1. The Morgan fingerprint density at radius 2 is 1.97 bits per heavy atom. The van der Waals surface area contributed by atoms with Gasteiger partial charge in [0.1, 0.15) is 12.6 Å². The van der Waals surface area contributed by atoms with E-state index in [1.165, 1.54) is 6.08 Å². The number of carbonyl (C=O) groups excluding carboxylic acids is 2. The van der Waals surface area contributed by atoms with Gasteiger partial charge in [-0.25, -0.2) is 9.99 Å². The summed E-state index contributed by atoms with van der Waals surface area (Å²) in [7, 11) is 4.85. The van der Waals surface area contributed by atoms with E-state index in [0.717, 1.165) is 87.8 Å². The summed E-state index contributed by atoms with van der Waals surface area (Å²) < 4.78 is 5.58. The summed E-state index contributed by atoms with van der Waals surface area (Å²) in [6.07, 6.45) is 10.4. The van der Waals surface area contributed by atoms with Crippen LogP contribution in [-0.4, -0.2) is 92.7 Å². The summed E-state index contributed by atoms with van der Waals surface area (Å²) in [6.45, 7) is 11.8. The van der Waals surface area contributed by atoms with E-state index in [1.807, 2.05) is 32.3 Å². The molecule has 2 heterocycles. The third-order valence-corrected chi connectivity index (χ3v) is 5.57. The highest BCUT2D eigenvalue weighted by Crippen LogP contribution is 2.24. The first-order valence-electron chi connectivity index (χ1n) is 12.9. The molecular formula is C28H48N6O4. The van der Waals surface area contributed by atoms with Crippen LogP contribution in [0.1, 0.15) is 44.5 Å². The van der Waals surface area contributed by atoms with Gasteiger partial charge in [-0.3, -0.25) is 10.6 Å². The number of hydrogen-bond acceptors (Lipinski definition) is 10. The van der Waals surface area contributed by atoms with Crippen molar-refractivity contribution in [2.75, 3.05) is 58.9 Å². The van der Waals surface area contributed by atoms with Crippen LogP contribution in [0.4, 0.5) is 5.69 Å². The SMILES string of the molecule is C=C(N)c1ccc(N2CCOC(CC=O)C2)c(CC)n1.CCCC(/C=C\C=O)=C/N(C)CCN(C)N.CO. The van der Waals surface area contributed by atoms with Crippen molar-refractivity contribution in [1.82, 2.24) is 14.9 Å². The molecule has 0 aliphatic carbocycles. The number of nitrogens with two attached hydrogens (primary N) is 2. The van der Waals surface area contributed by atoms with Crippen molar-refractivity contribution in [3.8, 4) is 0 Å². The Morgan fingerprint density at radius 3 is 2.53 bits per heavy atom. The Labute approximate surface area is 228 Å². The average molecular weight is 533 g/mol. The molecule has 1 saturated heterocycles. The molecule has 0 bridgehead atoms. The second kappa shape index (κ2) is 20.9. The largest absolute Gasteiger partial charge is 0.400 e. The molecule has 10 heteroatoms. The molecule has 5 N–H and O–H groups in total. The predicted molar refractivity (Wildman–Crippen MR) is 155 cm³/mol. The lowest BCUT2D eigenvalue weighted by Crippen LogP contribution is -2.43. The van der Waals surface area contributed by atoms with Gasteiger partial charge in [-0.2, -0.15) is 0 Å². The number of morpholine rings is 1. The minimum atomic E-state index is -0.0323. The van der Waals surface area contributed by atoms with Crippen molar-refractivity contribution >= 4 is 24.0 Å². The topological polar surface area (TPSA) is 138 Å². The van der Waals surface area contributed by atoms with Gasteiger partial charge >= 0.3 is 0 Å². The van der Waals surface area contributed by atoms with Crippen LogP contribution in [0.5, 0.6) is 0 Å². The maximum Gasteiger partial charge on any atom is 0.142 e. The Hall–Kier alpha value is -3.05. The minimum absolute atomic E-state index is 0.0323. The number of ether oxygens (including phenoxy) is 1. The standard InChI is InChI=1S/C15H21N3O2.C12H23N3O.CH4O/c1-3-13-15(5-4-14(17-13)11(2)16)18-7-9-20-12(10-18)6-8-19;1-4-6-12(7-5-10-16)11-14(2)8-9-15(3)13;1-2/h4-5,8,12H,2-3,6-7,9-10,16H2,1H3;5,7,10-11H,4,6,8-9,13H2,1-3H3;2H,1H3/b;7-5-,12-11-;. The number of rotatable bonds is 13. The molecule has 1 atom stereocenters. The molecule has 1 aliphatic rings. The number of hydrazine groups is 1. The van der Waals surface area contributed by atoms with Crippen molar-refractivity contribution in [3.05, 3.63) is 54.0 Å². The van der Waals surface area contributed by atoms with E-state index in [0.29, 0.717) is 18.7 Å². The Balaban J connectivity index is 0.000000694. The number of pyridine rings is 1. The van der Waals surface area contributed by atoms with E-state index in [-0.39, 0.29) is 6.10 Å². The number of likely N-dealkylation sites (N-methyl/N-ethyl adjacent to an activating group) is 2. The first kappa shape index (κ1) is 35.0. The van der Waals surface area contributed by atoms with E-state index in [1.54, 1.807) is 5.01 Å². The van der Waals surface area contributed by atoms with Gasteiger partial charge in [0.15, 0.2) is 0 Å². The summed E-state index contributed by atoms with van der Waals surface area (Å²) in [5.41, 5.74) is 10.2. The van der Waals surface area contributed by atoms with E-state index in [4.69, 9.17) is 21.4 Å². The molecule has 214 valence electrons. The third-order valence-electron chi connectivity index (χ3n) is 5.57. The monoisotopic (exact) mass is 532 g/mol. The van der Waals surface area contributed by atoms with Crippen molar-refractivity contribution in [1.29, 1.82) is 0 Å². The lowest BCUT2D eigenvalue weighted by atomic mass is 10.1. The van der Waals surface area contributed by atoms with Crippen molar-refractivity contribution < 1.29 is 19.4 Å². The fourth-order valence-corrected chi connectivity index (χ4v) is 3.71. The van der Waals surface area contributed by atoms with E-state index in [9.17, 15) is 9.59 Å². The molecule has 0 amide bonds. The number of nitrogens with zero attached hydrogens (tertiary/aromatic N) is 4. The number of anilines is 1. The van der Waals surface area contributed by atoms with Gasteiger partial charge < -0.3 is 30.2 Å². The maximum absolute atomic E-state index is 10.6. The fourth-order valence-electron chi connectivity index (χ4n) is 3.71. The normalized spacial score (nSPS) is 15.3. The number of aryl methyl sites for hydroxylation is 1. The molecule has 0 radical (unpaired) electrons. The molecule has 2 rings (SSSR count). The van der Waals surface area contributed by atoms with Crippen molar-refractivity contribution in [2.24, 2.45) is 11.6 Å². The Kier molecular flexibility index (Phi) is 19.3. The number of carbonyl (C=O) groups is 2. The highest BCUT2D eigenvalue weighted by atomic mass is 16.5. The second-order valence-electron chi connectivity index (χ2n) is 8.79. The predicted octanol–water partition coefficient (Wildman–Crippen LogP) is 2.14. The van der Waals surface area contributed by atoms with Crippen LogP contribution in [0, 0.1) is 0 Å². The zero-order valence-corrected chi connectivity index (χ0v) is 23.8. The highest BCUT2D eigenvalue weighted by Gasteiger charge is 2.22. The number of hydrogen-bond donors (Lipinski definition) is 3. The number of aldehydes is 2. The van der Waals surface area contributed by atoms with Crippen LogP contribution in [-0.2, 0) is 20.7 Å².